The molecule has 0 aliphatic heterocycles. The molecule has 134 valence electrons. The number of fused-ring (bicyclic) bond motifs is 1. The molecule has 0 radical (unpaired) electrons. The van der Waals surface area contributed by atoms with Gasteiger partial charge in [-0.2, -0.15) is 0 Å². The van der Waals surface area contributed by atoms with Gasteiger partial charge in [0.15, 0.2) is 0 Å². The van der Waals surface area contributed by atoms with Crippen molar-refractivity contribution < 1.29 is 4.79 Å². The van der Waals surface area contributed by atoms with Gasteiger partial charge in [-0.1, -0.05) is 29.8 Å². The number of hydrogen-bond acceptors (Lipinski definition) is 2. The molecule has 0 spiro atoms. The lowest BCUT2D eigenvalue weighted by Gasteiger charge is -2.08. The molecule has 0 saturated carbocycles. The highest BCUT2D eigenvalue weighted by molar-refractivity contribution is 6.31. The van der Waals surface area contributed by atoms with Crippen molar-refractivity contribution >= 4 is 39.9 Å². The fourth-order valence-electron chi connectivity index (χ4n) is 2.93. The fraction of sp³-hybridized carbons (Fsp3) is 0.0476. The number of amides is 2. The van der Waals surface area contributed by atoms with Crippen molar-refractivity contribution in [3.63, 3.8) is 0 Å². The van der Waals surface area contributed by atoms with Gasteiger partial charge in [0.05, 0.1) is 5.69 Å². The van der Waals surface area contributed by atoms with E-state index in [1.54, 1.807) is 18.5 Å². The Bertz CT molecular complexity index is 1070. The Morgan fingerprint density at radius 1 is 1.04 bits per heavy atom. The Kier molecular flexibility index (Phi) is 4.77. The summed E-state index contributed by atoms with van der Waals surface area (Å²) in [6.07, 6.45) is 6.16. The van der Waals surface area contributed by atoms with Gasteiger partial charge >= 0.3 is 6.03 Å². The summed E-state index contributed by atoms with van der Waals surface area (Å²) in [5.41, 5.74) is 4.61. The quantitative estimate of drug-likeness (QED) is 0.443. The van der Waals surface area contributed by atoms with Gasteiger partial charge in [-0.3, -0.25) is 4.98 Å². The van der Waals surface area contributed by atoms with Gasteiger partial charge < -0.3 is 15.6 Å². The van der Waals surface area contributed by atoms with Gasteiger partial charge in [-0.25, -0.2) is 4.79 Å². The summed E-state index contributed by atoms with van der Waals surface area (Å²) in [4.78, 5) is 19.5. The van der Waals surface area contributed by atoms with E-state index in [4.69, 9.17) is 11.6 Å². The van der Waals surface area contributed by atoms with Crippen LogP contribution in [0.25, 0.3) is 10.9 Å². The Morgan fingerprint density at radius 2 is 1.89 bits per heavy atom. The predicted octanol–water partition coefficient (Wildman–Crippen LogP) is 5.45. The number of rotatable bonds is 4. The highest BCUT2D eigenvalue weighted by atomic mass is 35.5. The lowest BCUT2D eigenvalue weighted by atomic mass is 10.1. The van der Waals surface area contributed by atoms with E-state index >= 15 is 0 Å². The van der Waals surface area contributed by atoms with Crippen molar-refractivity contribution in [2.75, 3.05) is 10.6 Å². The number of aromatic nitrogens is 2. The zero-order chi connectivity index (χ0) is 18.6. The van der Waals surface area contributed by atoms with Crippen molar-refractivity contribution in [3.8, 4) is 0 Å². The smallest absolute Gasteiger partial charge is 0.323 e. The standard InChI is InChI=1S/C21H17ClN4O/c22-16-5-8-19-18(11-16)20(13-24-19)26-21(27)25-17-6-3-14(4-7-17)10-15-2-1-9-23-12-15/h1-9,11-13,24H,10H2,(H2,25,26,27). The van der Waals surface area contributed by atoms with Crippen molar-refractivity contribution in [2.45, 2.75) is 6.42 Å². The number of hydrogen-bond donors (Lipinski definition) is 3. The van der Waals surface area contributed by atoms with Gasteiger partial charge in [0.2, 0.25) is 0 Å². The maximum atomic E-state index is 12.3. The normalized spacial score (nSPS) is 10.7. The number of halogens is 1. The molecular formula is C21H17ClN4O. The first kappa shape index (κ1) is 17.1. The molecule has 27 heavy (non-hydrogen) atoms. The van der Waals surface area contributed by atoms with Crippen molar-refractivity contribution in [2.24, 2.45) is 0 Å². The number of benzene rings is 2. The lowest BCUT2D eigenvalue weighted by Crippen LogP contribution is -2.19. The molecular weight excluding hydrogens is 360 g/mol. The minimum atomic E-state index is -0.309. The lowest BCUT2D eigenvalue weighted by molar-refractivity contribution is 0.262. The van der Waals surface area contributed by atoms with Crippen LogP contribution >= 0.6 is 11.6 Å². The van der Waals surface area contributed by atoms with E-state index in [1.807, 2.05) is 54.7 Å². The van der Waals surface area contributed by atoms with Crippen LogP contribution in [-0.4, -0.2) is 16.0 Å². The molecule has 0 unspecified atom stereocenters. The molecule has 4 rings (SSSR count). The maximum Gasteiger partial charge on any atom is 0.323 e. The molecule has 3 N–H and O–H groups in total. The van der Waals surface area contributed by atoms with E-state index in [0.717, 1.165) is 34.1 Å². The van der Waals surface area contributed by atoms with E-state index in [1.165, 1.54) is 0 Å². The topological polar surface area (TPSA) is 69.8 Å². The first-order chi connectivity index (χ1) is 13.2. The van der Waals surface area contributed by atoms with Crippen LogP contribution in [0.15, 0.2) is 73.2 Å². The highest BCUT2D eigenvalue weighted by Crippen LogP contribution is 2.26. The zero-order valence-electron chi connectivity index (χ0n) is 14.4. The van der Waals surface area contributed by atoms with E-state index in [0.29, 0.717) is 10.7 Å². The number of nitrogens with one attached hydrogen (secondary N) is 3. The molecule has 6 heteroatoms. The van der Waals surface area contributed by atoms with Gasteiger partial charge in [-0.05, 0) is 53.9 Å². The van der Waals surface area contributed by atoms with Crippen LogP contribution in [0.4, 0.5) is 16.2 Å². The van der Waals surface area contributed by atoms with Crippen LogP contribution in [0.2, 0.25) is 5.02 Å². The van der Waals surface area contributed by atoms with Crippen LogP contribution in [0.3, 0.4) is 0 Å². The third-order valence-electron chi connectivity index (χ3n) is 4.23. The monoisotopic (exact) mass is 376 g/mol. The number of aromatic amines is 1. The van der Waals surface area contributed by atoms with E-state index in [2.05, 4.69) is 20.6 Å². The molecule has 2 aromatic heterocycles. The van der Waals surface area contributed by atoms with Gasteiger partial charge in [-0.15, -0.1) is 0 Å². The Morgan fingerprint density at radius 3 is 2.67 bits per heavy atom. The summed E-state index contributed by atoms with van der Waals surface area (Å²) in [6, 6.07) is 16.9. The summed E-state index contributed by atoms with van der Waals surface area (Å²) in [5, 5.41) is 7.17. The molecule has 0 saturated heterocycles. The molecule has 0 aliphatic carbocycles. The number of H-pyrrole nitrogens is 1. The summed E-state index contributed by atoms with van der Waals surface area (Å²) in [5.74, 6) is 0. The molecule has 2 amide bonds. The number of carbonyl (C=O) groups is 1. The molecule has 0 fully saturated rings. The van der Waals surface area contributed by atoms with E-state index in [9.17, 15) is 4.79 Å². The predicted molar refractivity (Wildman–Crippen MR) is 109 cm³/mol. The first-order valence-electron chi connectivity index (χ1n) is 8.50. The third kappa shape index (κ3) is 4.10. The second kappa shape index (κ2) is 7.51. The zero-order valence-corrected chi connectivity index (χ0v) is 15.1. The molecule has 2 aromatic carbocycles. The number of carbonyl (C=O) groups excluding carboxylic acids is 1. The van der Waals surface area contributed by atoms with Crippen LogP contribution < -0.4 is 10.6 Å². The SMILES string of the molecule is O=C(Nc1ccc(Cc2cccnc2)cc1)Nc1c[nH]c2ccc(Cl)cc12. The molecule has 0 bridgehead atoms. The Hall–Kier alpha value is -3.31. The Labute approximate surface area is 161 Å². The summed E-state index contributed by atoms with van der Waals surface area (Å²) < 4.78 is 0. The number of anilines is 2. The Balaban J connectivity index is 1.41. The van der Waals surface area contributed by atoms with Crippen LogP contribution in [0.1, 0.15) is 11.1 Å². The van der Waals surface area contributed by atoms with Crippen molar-refractivity contribution in [1.82, 2.24) is 9.97 Å². The van der Waals surface area contributed by atoms with Gasteiger partial charge in [0.25, 0.3) is 0 Å². The highest BCUT2D eigenvalue weighted by Gasteiger charge is 2.08. The van der Waals surface area contributed by atoms with Gasteiger partial charge in [0.1, 0.15) is 0 Å². The maximum absolute atomic E-state index is 12.3. The largest absolute Gasteiger partial charge is 0.359 e. The molecule has 0 aliphatic rings. The number of pyridine rings is 1. The van der Waals surface area contributed by atoms with E-state index < -0.39 is 0 Å². The first-order valence-corrected chi connectivity index (χ1v) is 8.88. The van der Waals surface area contributed by atoms with Crippen LogP contribution in [0, 0.1) is 0 Å². The minimum Gasteiger partial charge on any atom is -0.359 e. The van der Waals surface area contributed by atoms with Crippen LogP contribution in [0.5, 0.6) is 0 Å². The van der Waals surface area contributed by atoms with Crippen molar-refractivity contribution in [3.05, 3.63) is 89.3 Å². The third-order valence-corrected chi connectivity index (χ3v) is 4.47. The molecule has 0 atom stereocenters. The molecule has 5 nitrogen and oxygen atoms in total. The summed E-state index contributed by atoms with van der Waals surface area (Å²) >= 11 is 6.04. The molecule has 2 heterocycles. The average molecular weight is 377 g/mol. The number of urea groups is 1. The van der Waals surface area contributed by atoms with E-state index in [-0.39, 0.29) is 6.03 Å². The average Bonchev–Trinajstić information content (AvgIpc) is 3.06. The second-order valence-corrected chi connectivity index (χ2v) is 6.64. The minimum absolute atomic E-state index is 0.309. The van der Waals surface area contributed by atoms with Crippen molar-refractivity contribution in [1.29, 1.82) is 0 Å². The fourth-order valence-corrected chi connectivity index (χ4v) is 3.10. The molecule has 4 aromatic rings. The second-order valence-electron chi connectivity index (χ2n) is 6.21. The summed E-state index contributed by atoms with van der Waals surface area (Å²) in [7, 11) is 0. The van der Waals surface area contributed by atoms with Crippen LogP contribution in [-0.2, 0) is 6.42 Å². The number of nitrogens with zero attached hydrogens (tertiary/aromatic N) is 1. The van der Waals surface area contributed by atoms with Gasteiger partial charge in [0, 0.05) is 40.2 Å². The summed E-state index contributed by atoms with van der Waals surface area (Å²) in [6.45, 7) is 0.